The van der Waals surface area contributed by atoms with Crippen molar-refractivity contribution in [3.63, 3.8) is 0 Å². The second-order valence-corrected chi connectivity index (χ2v) is 5.21. The van der Waals surface area contributed by atoms with Gasteiger partial charge in [-0.15, -0.1) is 0 Å². The molecule has 1 aromatic rings. The Bertz CT molecular complexity index is 403. The Morgan fingerprint density at radius 3 is 2.60 bits per heavy atom. The number of hydrogen-bond acceptors (Lipinski definition) is 4. The number of nitrogens with one attached hydrogen (secondary N) is 1. The smallest absolute Gasteiger partial charge is 0.240 e. The summed E-state index contributed by atoms with van der Waals surface area (Å²) >= 11 is 0. The van der Waals surface area contributed by atoms with Crippen LogP contribution in [0.3, 0.4) is 0 Å². The molecule has 112 valence electrons. The normalized spacial score (nSPS) is 13.6. The largest absolute Gasteiger partial charge is 0.396 e. The summed E-state index contributed by atoms with van der Waals surface area (Å²) < 4.78 is 5.11. The third-order valence-corrected chi connectivity index (χ3v) is 3.15. The lowest BCUT2D eigenvalue weighted by atomic mass is 9.99. The fraction of sp³-hybridized carbons (Fsp3) is 0.533. The first-order valence-corrected chi connectivity index (χ1v) is 6.68. The first-order chi connectivity index (χ1) is 9.50. The number of aliphatic hydroxyl groups excluding tert-OH is 1. The highest BCUT2D eigenvalue weighted by Crippen LogP contribution is 2.12. The first-order valence-electron chi connectivity index (χ1n) is 6.68. The standard InChI is InChI=1S/C15H24N2O3/c1-15(9-10-18,12-20-3)16-14(19)11-17(2)13-7-5-4-6-8-13/h4-8,18H,9-12H2,1-3H3,(H,16,19). The lowest BCUT2D eigenvalue weighted by Gasteiger charge is -2.30. The van der Waals surface area contributed by atoms with Crippen LogP contribution in [-0.4, -0.2) is 50.5 Å². The lowest BCUT2D eigenvalue weighted by molar-refractivity contribution is -0.122. The van der Waals surface area contributed by atoms with Gasteiger partial charge in [0.2, 0.25) is 5.91 Å². The molecule has 20 heavy (non-hydrogen) atoms. The Morgan fingerprint density at radius 2 is 2.05 bits per heavy atom. The molecule has 0 aliphatic carbocycles. The van der Waals surface area contributed by atoms with E-state index in [0.29, 0.717) is 13.0 Å². The molecule has 1 aromatic carbocycles. The molecule has 2 N–H and O–H groups in total. The van der Waals surface area contributed by atoms with Crippen molar-refractivity contribution in [1.29, 1.82) is 0 Å². The zero-order valence-corrected chi connectivity index (χ0v) is 12.4. The molecule has 0 aliphatic heterocycles. The lowest BCUT2D eigenvalue weighted by Crippen LogP contribution is -2.52. The third-order valence-electron chi connectivity index (χ3n) is 3.15. The SMILES string of the molecule is COCC(C)(CCO)NC(=O)CN(C)c1ccccc1. The molecule has 1 rings (SSSR count). The Hall–Kier alpha value is -1.59. The number of methoxy groups -OCH3 is 1. The van der Waals surface area contributed by atoms with Crippen molar-refractivity contribution in [2.75, 3.05) is 38.8 Å². The van der Waals surface area contributed by atoms with Gasteiger partial charge in [0.15, 0.2) is 0 Å². The van der Waals surface area contributed by atoms with Crippen LogP contribution in [0.15, 0.2) is 30.3 Å². The summed E-state index contributed by atoms with van der Waals surface area (Å²) in [7, 11) is 3.45. The van der Waals surface area contributed by atoms with E-state index in [0.717, 1.165) is 5.69 Å². The van der Waals surface area contributed by atoms with Crippen LogP contribution in [0.1, 0.15) is 13.3 Å². The van der Waals surface area contributed by atoms with Crippen molar-refractivity contribution in [2.24, 2.45) is 0 Å². The van der Waals surface area contributed by atoms with Crippen molar-refractivity contribution in [3.05, 3.63) is 30.3 Å². The number of anilines is 1. The maximum absolute atomic E-state index is 12.1. The zero-order chi connectivity index (χ0) is 15.0. The predicted molar refractivity (Wildman–Crippen MR) is 79.8 cm³/mol. The van der Waals surface area contributed by atoms with Crippen LogP contribution in [0, 0.1) is 0 Å². The van der Waals surface area contributed by atoms with E-state index in [1.807, 2.05) is 49.2 Å². The summed E-state index contributed by atoms with van der Waals surface area (Å²) in [5.74, 6) is -0.0932. The van der Waals surface area contributed by atoms with E-state index in [-0.39, 0.29) is 19.1 Å². The van der Waals surface area contributed by atoms with E-state index in [4.69, 9.17) is 9.84 Å². The number of ether oxygens (including phenoxy) is 1. The summed E-state index contributed by atoms with van der Waals surface area (Å²) in [6, 6.07) is 9.72. The molecule has 1 atom stereocenters. The molecule has 0 saturated carbocycles. The van der Waals surface area contributed by atoms with Gasteiger partial charge in [-0.2, -0.15) is 0 Å². The van der Waals surface area contributed by atoms with Crippen molar-refractivity contribution in [2.45, 2.75) is 18.9 Å². The fourth-order valence-electron chi connectivity index (χ4n) is 2.10. The van der Waals surface area contributed by atoms with Crippen LogP contribution in [0.2, 0.25) is 0 Å². The summed E-state index contributed by atoms with van der Waals surface area (Å²) in [6.07, 6.45) is 0.460. The molecular weight excluding hydrogens is 256 g/mol. The molecule has 1 unspecified atom stereocenters. The Morgan fingerprint density at radius 1 is 1.40 bits per heavy atom. The molecule has 5 nitrogen and oxygen atoms in total. The molecule has 0 heterocycles. The number of amides is 1. The number of likely N-dealkylation sites (N-methyl/N-ethyl adjacent to an activating group) is 1. The minimum Gasteiger partial charge on any atom is -0.396 e. The Labute approximate surface area is 120 Å². The van der Waals surface area contributed by atoms with Gasteiger partial charge in [0.05, 0.1) is 18.7 Å². The second kappa shape index (κ2) is 7.87. The van der Waals surface area contributed by atoms with E-state index in [1.54, 1.807) is 7.11 Å². The number of aliphatic hydroxyl groups is 1. The molecule has 0 saturated heterocycles. The fourth-order valence-corrected chi connectivity index (χ4v) is 2.10. The van der Waals surface area contributed by atoms with E-state index in [9.17, 15) is 4.79 Å². The summed E-state index contributed by atoms with van der Waals surface area (Å²) in [6.45, 7) is 2.50. The third kappa shape index (κ3) is 5.19. The van der Waals surface area contributed by atoms with Crippen LogP contribution in [-0.2, 0) is 9.53 Å². The van der Waals surface area contributed by atoms with E-state index < -0.39 is 5.54 Å². The van der Waals surface area contributed by atoms with Crippen molar-refractivity contribution >= 4 is 11.6 Å². The van der Waals surface area contributed by atoms with E-state index >= 15 is 0 Å². The molecule has 0 spiro atoms. The van der Waals surface area contributed by atoms with Crippen LogP contribution < -0.4 is 10.2 Å². The molecule has 0 radical (unpaired) electrons. The van der Waals surface area contributed by atoms with Gasteiger partial charge >= 0.3 is 0 Å². The highest BCUT2D eigenvalue weighted by Gasteiger charge is 2.26. The van der Waals surface area contributed by atoms with Gasteiger partial charge in [-0.1, -0.05) is 18.2 Å². The topological polar surface area (TPSA) is 61.8 Å². The van der Waals surface area contributed by atoms with Crippen molar-refractivity contribution in [1.82, 2.24) is 5.32 Å². The highest BCUT2D eigenvalue weighted by atomic mass is 16.5. The van der Waals surface area contributed by atoms with Crippen LogP contribution in [0.5, 0.6) is 0 Å². The number of carbonyl (C=O) groups excluding carboxylic acids is 1. The monoisotopic (exact) mass is 280 g/mol. The second-order valence-electron chi connectivity index (χ2n) is 5.21. The van der Waals surface area contributed by atoms with E-state index in [1.165, 1.54) is 0 Å². The van der Waals surface area contributed by atoms with Gasteiger partial charge in [-0.25, -0.2) is 0 Å². The molecule has 0 fully saturated rings. The molecule has 0 aromatic heterocycles. The first kappa shape index (κ1) is 16.5. The van der Waals surface area contributed by atoms with E-state index in [2.05, 4.69) is 5.32 Å². The highest BCUT2D eigenvalue weighted by molar-refractivity contribution is 5.81. The van der Waals surface area contributed by atoms with Crippen LogP contribution in [0.4, 0.5) is 5.69 Å². The minimum atomic E-state index is -0.544. The Balaban J connectivity index is 2.57. The Kier molecular flexibility index (Phi) is 6.48. The number of benzene rings is 1. The van der Waals surface area contributed by atoms with Gasteiger partial charge < -0.3 is 20.1 Å². The quantitative estimate of drug-likeness (QED) is 0.746. The van der Waals surface area contributed by atoms with Crippen molar-refractivity contribution < 1.29 is 14.6 Å². The predicted octanol–water partition coefficient (Wildman–Crippen LogP) is 1.03. The maximum Gasteiger partial charge on any atom is 0.240 e. The van der Waals surface area contributed by atoms with Gasteiger partial charge in [-0.3, -0.25) is 4.79 Å². The number of nitrogens with zero attached hydrogens (tertiary/aromatic N) is 1. The summed E-state index contributed by atoms with van der Waals surface area (Å²) in [5, 5.41) is 12.0. The molecular formula is C15H24N2O3. The minimum absolute atomic E-state index is 0.00860. The summed E-state index contributed by atoms with van der Waals surface area (Å²) in [5.41, 5.74) is 0.441. The molecule has 0 aliphatic rings. The zero-order valence-electron chi connectivity index (χ0n) is 12.4. The number of hydrogen-bond donors (Lipinski definition) is 2. The van der Waals surface area contributed by atoms with Crippen LogP contribution >= 0.6 is 0 Å². The van der Waals surface area contributed by atoms with Gasteiger partial charge in [0.25, 0.3) is 0 Å². The molecule has 0 bridgehead atoms. The average molecular weight is 280 g/mol. The van der Waals surface area contributed by atoms with Gasteiger partial charge in [-0.05, 0) is 25.5 Å². The van der Waals surface area contributed by atoms with Crippen molar-refractivity contribution in [3.8, 4) is 0 Å². The van der Waals surface area contributed by atoms with Gasteiger partial charge in [0.1, 0.15) is 0 Å². The summed E-state index contributed by atoms with van der Waals surface area (Å²) in [4.78, 5) is 14.0. The number of para-hydroxylation sites is 1. The number of rotatable bonds is 8. The molecule has 1 amide bonds. The average Bonchev–Trinajstić information content (AvgIpc) is 2.39. The van der Waals surface area contributed by atoms with Crippen LogP contribution in [0.25, 0.3) is 0 Å². The van der Waals surface area contributed by atoms with Gasteiger partial charge in [0, 0.05) is 26.5 Å². The maximum atomic E-state index is 12.1. The number of carbonyl (C=O) groups is 1. The molecule has 5 heteroatoms.